The van der Waals surface area contributed by atoms with Crippen LogP contribution in [-0.2, 0) is 15.6 Å². The highest BCUT2D eigenvalue weighted by molar-refractivity contribution is 7.90. The largest absolute Gasteiger partial charge is 0.327 e. The van der Waals surface area contributed by atoms with Crippen molar-refractivity contribution in [1.82, 2.24) is 4.98 Å². The minimum atomic E-state index is -3.28. The summed E-state index contributed by atoms with van der Waals surface area (Å²) in [5.41, 5.74) is 5.74. The lowest BCUT2D eigenvalue weighted by Gasteiger charge is -2.06. The van der Waals surface area contributed by atoms with Crippen LogP contribution >= 0.6 is 0 Å². The van der Waals surface area contributed by atoms with Gasteiger partial charge < -0.3 is 5.73 Å². The van der Waals surface area contributed by atoms with E-state index >= 15 is 0 Å². The maximum atomic E-state index is 12.7. The van der Waals surface area contributed by atoms with Crippen molar-refractivity contribution < 1.29 is 12.8 Å². The van der Waals surface area contributed by atoms with Gasteiger partial charge >= 0.3 is 0 Å². The predicted molar refractivity (Wildman–Crippen MR) is 55.3 cm³/mol. The number of hydrogen-bond acceptors (Lipinski definition) is 4. The van der Waals surface area contributed by atoms with Gasteiger partial charge in [-0.15, -0.1) is 0 Å². The first-order valence-corrected chi connectivity index (χ1v) is 6.26. The molecule has 0 aromatic carbocycles. The Hall–Kier alpha value is -1.01. The second-order valence-corrected chi connectivity index (χ2v) is 5.65. The molecule has 1 atom stereocenters. The van der Waals surface area contributed by atoms with Gasteiger partial charge in [-0.25, -0.2) is 12.8 Å². The van der Waals surface area contributed by atoms with Crippen molar-refractivity contribution in [3.63, 3.8) is 0 Å². The molecule has 0 radical (unpaired) electrons. The fourth-order valence-corrected chi connectivity index (χ4v) is 2.83. The topological polar surface area (TPSA) is 73.1 Å². The Morgan fingerprint density at radius 3 is 2.73 bits per heavy atom. The molecule has 4 nitrogen and oxygen atoms in total. The summed E-state index contributed by atoms with van der Waals surface area (Å²) in [6.45, 7) is 1.61. The minimum Gasteiger partial charge on any atom is -0.327 e. The molecule has 0 aliphatic heterocycles. The Morgan fingerprint density at radius 1 is 1.53 bits per heavy atom. The highest BCUT2D eigenvalue weighted by atomic mass is 32.2. The summed E-state index contributed by atoms with van der Waals surface area (Å²) in [4.78, 5) is 3.58. The van der Waals surface area contributed by atoms with E-state index < -0.39 is 21.7 Å². The number of rotatable bonds is 4. The molecule has 0 saturated heterocycles. The second-order valence-electron chi connectivity index (χ2n) is 3.54. The molecule has 6 heteroatoms. The van der Waals surface area contributed by atoms with E-state index in [9.17, 15) is 12.8 Å². The van der Waals surface area contributed by atoms with Crippen molar-refractivity contribution in [2.24, 2.45) is 5.73 Å². The second kappa shape index (κ2) is 4.67. The summed E-state index contributed by atoms with van der Waals surface area (Å²) in [7, 11) is -3.28. The molecule has 0 saturated carbocycles. The lowest BCUT2D eigenvalue weighted by molar-refractivity contribution is 0.588. The Morgan fingerprint density at radius 2 is 2.20 bits per heavy atom. The molecule has 1 aromatic rings. The van der Waals surface area contributed by atoms with Crippen molar-refractivity contribution in [2.45, 2.75) is 18.7 Å². The van der Waals surface area contributed by atoms with Gasteiger partial charge in [0.05, 0.1) is 17.7 Å². The van der Waals surface area contributed by atoms with Crippen molar-refractivity contribution in [3.05, 3.63) is 29.8 Å². The van der Waals surface area contributed by atoms with Gasteiger partial charge in [-0.3, -0.25) is 4.98 Å². The van der Waals surface area contributed by atoms with Crippen LogP contribution in [0.4, 0.5) is 4.39 Å². The molecule has 1 rings (SSSR count). The third kappa shape index (κ3) is 4.35. The van der Waals surface area contributed by atoms with E-state index in [1.165, 1.54) is 6.20 Å². The van der Waals surface area contributed by atoms with Crippen molar-refractivity contribution >= 4 is 9.84 Å². The Balaban J connectivity index is 2.78. The first-order valence-electron chi connectivity index (χ1n) is 4.44. The third-order valence-electron chi connectivity index (χ3n) is 1.66. The molecule has 0 aliphatic rings. The quantitative estimate of drug-likeness (QED) is 0.819. The summed E-state index contributed by atoms with van der Waals surface area (Å²) in [5.74, 6) is -0.869. The smallest absolute Gasteiger partial charge is 0.156 e. The van der Waals surface area contributed by atoms with Gasteiger partial charge in [0.1, 0.15) is 5.82 Å². The van der Waals surface area contributed by atoms with Crippen molar-refractivity contribution in [2.75, 3.05) is 5.75 Å². The zero-order valence-electron chi connectivity index (χ0n) is 8.35. The molecule has 0 aliphatic carbocycles. The van der Waals surface area contributed by atoms with Crippen LogP contribution < -0.4 is 5.73 Å². The van der Waals surface area contributed by atoms with Crippen LogP contribution in [0.2, 0.25) is 0 Å². The zero-order valence-corrected chi connectivity index (χ0v) is 9.17. The molecule has 1 unspecified atom stereocenters. The molecule has 0 amide bonds. The van der Waals surface area contributed by atoms with E-state index in [0.29, 0.717) is 5.56 Å². The molecule has 1 heterocycles. The van der Waals surface area contributed by atoms with Gasteiger partial charge in [-0.1, -0.05) is 0 Å². The van der Waals surface area contributed by atoms with E-state index in [0.717, 1.165) is 12.3 Å². The van der Waals surface area contributed by atoms with Gasteiger partial charge in [0, 0.05) is 12.2 Å². The fraction of sp³-hybridized carbons (Fsp3) is 0.444. The standard InChI is InChI=1S/C9H13FN2O2S/c1-7(11)5-15(13,14)6-8-2-9(10)4-12-3-8/h2-4,7H,5-6,11H2,1H3. The molecule has 84 valence electrons. The van der Waals surface area contributed by atoms with Gasteiger partial charge in [0.15, 0.2) is 9.84 Å². The summed E-state index contributed by atoms with van der Waals surface area (Å²) in [5, 5.41) is 0. The van der Waals surface area contributed by atoms with Crippen molar-refractivity contribution in [3.8, 4) is 0 Å². The SMILES string of the molecule is CC(N)CS(=O)(=O)Cc1cncc(F)c1. The van der Waals surface area contributed by atoms with Crippen LogP contribution in [0.15, 0.2) is 18.5 Å². The van der Waals surface area contributed by atoms with E-state index in [1.807, 2.05) is 0 Å². The zero-order chi connectivity index (χ0) is 11.5. The third-order valence-corrected chi connectivity index (χ3v) is 3.47. The monoisotopic (exact) mass is 232 g/mol. The number of halogens is 1. The van der Waals surface area contributed by atoms with Crippen LogP contribution in [0.5, 0.6) is 0 Å². The van der Waals surface area contributed by atoms with Gasteiger partial charge in [0.25, 0.3) is 0 Å². The lowest BCUT2D eigenvalue weighted by atomic mass is 10.3. The van der Waals surface area contributed by atoms with Crippen LogP contribution in [0.3, 0.4) is 0 Å². The number of sulfone groups is 1. The number of hydrogen-bond donors (Lipinski definition) is 1. The molecule has 2 N–H and O–H groups in total. The molecular formula is C9H13FN2O2S. The Kier molecular flexibility index (Phi) is 3.76. The van der Waals surface area contributed by atoms with Crippen molar-refractivity contribution in [1.29, 1.82) is 0 Å². The van der Waals surface area contributed by atoms with Crippen LogP contribution in [-0.4, -0.2) is 25.2 Å². The van der Waals surface area contributed by atoms with Gasteiger partial charge in [-0.05, 0) is 18.6 Å². The van der Waals surface area contributed by atoms with E-state index in [1.54, 1.807) is 6.92 Å². The number of nitrogens with two attached hydrogens (primary N) is 1. The molecule has 15 heavy (non-hydrogen) atoms. The predicted octanol–water partition coefficient (Wildman–Crippen LogP) is 0.483. The Bertz CT molecular complexity index is 431. The highest BCUT2D eigenvalue weighted by Crippen LogP contribution is 2.07. The number of aromatic nitrogens is 1. The summed E-state index contributed by atoms with van der Waals surface area (Å²) >= 11 is 0. The van der Waals surface area contributed by atoms with Crippen LogP contribution in [0.1, 0.15) is 12.5 Å². The first-order chi connectivity index (χ1) is 6.89. The van der Waals surface area contributed by atoms with Gasteiger partial charge in [-0.2, -0.15) is 0 Å². The molecular weight excluding hydrogens is 219 g/mol. The summed E-state index contributed by atoms with van der Waals surface area (Å²) < 4.78 is 35.7. The lowest BCUT2D eigenvalue weighted by Crippen LogP contribution is -2.27. The molecule has 0 fully saturated rings. The Labute approximate surface area is 88.2 Å². The summed E-state index contributed by atoms with van der Waals surface area (Å²) in [6.07, 6.45) is 2.36. The van der Waals surface area contributed by atoms with E-state index in [-0.39, 0.29) is 11.5 Å². The van der Waals surface area contributed by atoms with Crippen LogP contribution in [0.25, 0.3) is 0 Å². The normalized spacial score (nSPS) is 13.8. The molecule has 0 bridgehead atoms. The maximum absolute atomic E-state index is 12.7. The first kappa shape index (κ1) is 12.1. The highest BCUT2D eigenvalue weighted by Gasteiger charge is 2.14. The summed E-state index contributed by atoms with van der Waals surface area (Å²) in [6, 6.07) is 0.739. The number of pyridine rings is 1. The average molecular weight is 232 g/mol. The van der Waals surface area contributed by atoms with Gasteiger partial charge in [0.2, 0.25) is 0 Å². The van der Waals surface area contributed by atoms with E-state index in [2.05, 4.69) is 4.98 Å². The maximum Gasteiger partial charge on any atom is 0.156 e. The molecule has 1 aromatic heterocycles. The average Bonchev–Trinajstić information content (AvgIpc) is 1.99. The van der Waals surface area contributed by atoms with E-state index in [4.69, 9.17) is 5.73 Å². The molecule has 0 spiro atoms. The minimum absolute atomic E-state index is 0.108. The fourth-order valence-electron chi connectivity index (χ4n) is 1.25. The number of nitrogens with zero attached hydrogens (tertiary/aromatic N) is 1. The van der Waals surface area contributed by atoms with Crippen LogP contribution in [0, 0.1) is 5.82 Å².